The van der Waals surface area contributed by atoms with Crippen LogP contribution in [0.2, 0.25) is 0 Å². The van der Waals surface area contributed by atoms with Crippen LogP contribution in [0.15, 0.2) is 0 Å². The van der Waals surface area contributed by atoms with Gasteiger partial charge in [0.2, 0.25) is 5.91 Å². The molecule has 1 fully saturated rings. The molecule has 3 heteroatoms. The summed E-state index contributed by atoms with van der Waals surface area (Å²) in [6.07, 6.45) is 0.951. The van der Waals surface area contributed by atoms with Crippen molar-refractivity contribution in [3.63, 3.8) is 0 Å². The van der Waals surface area contributed by atoms with Gasteiger partial charge in [0.15, 0.2) is 0 Å². The Morgan fingerprint density at radius 3 is 2.50 bits per heavy atom. The average molecular weight is 262 g/mol. The Balaban J connectivity index is 2.57. The van der Waals surface area contributed by atoms with Gasteiger partial charge in [-0.2, -0.15) is 0 Å². The molecule has 0 saturated carbocycles. The lowest BCUT2D eigenvalue weighted by Crippen LogP contribution is -2.39. The van der Waals surface area contributed by atoms with Crippen LogP contribution in [0.25, 0.3) is 0 Å². The van der Waals surface area contributed by atoms with Crippen molar-refractivity contribution in [2.24, 2.45) is 11.3 Å². The lowest BCUT2D eigenvalue weighted by atomic mass is 9.81. The fourth-order valence-corrected chi connectivity index (χ4v) is 2.03. The SMILES string of the molecule is CC(C)C(C)(C)CN1CCC(Br)C1=O. The number of nitrogens with zero attached hydrogens (tertiary/aromatic N) is 1. The molecule has 0 aromatic heterocycles. The molecule has 1 saturated heterocycles. The Morgan fingerprint density at radius 2 is 2.14 bits per heavy atom. The highest BCUT2D eigenvalue weighted by molar-refractivity contribution is 9.10. The van der Waals surface area contributed by atoms with E-state index in [2.05, 4.69) is 43.6 Å². The molecule has 1 aliphatic heterocycles. The van der Waals surface area contributed by atoms with E-state index in [0.29, 0.717) is 5.92 Å². The van der Waals surface area contributed by atoms with Crippen molar-refractivity contribution in [3.8, 4) is 0 Å². The molecule has 0 bridgehead atoms. The molecule has 1 aliphatic rings. The second-order valence-electron chi connectivity index (χ2n) is 5.16. The van der Waals surface area contributed by atoms with Gasteiger partial charge in [-0.3, -0.25) is 4.79 Å². The molecule has 1 atom stereocenters. The molecule has 0 aromatic carbocycles. The molecule has 2 nitrogen and oxygen atoms in total. The van der Waals surface area contributed by atoms with E-state index in [1.165, 1.54) is 0 Å². The van der Waals surface area contributed by atoms with E-state index in [1.54, 1.807) is 0 Å². The number of hydrogen-bond acceptors (Lipinski definition) is 1. The molecule has 0 radical (unpaired) electrons. The van der Waals surface area contributed by atoms with Gasteiger partial charge in [0.25, 0.3) is 0 Å². The molecule has 1 heterocycles. The van der Waals surface area contributed by atoms with Crippen molar-refractivity contribution in [1.29, 1.82) is 0 Å². The Morgan fingerprint density at radius 1 is 1.57 bits per heavy atom. The van der Waals surface area contributed by atoms with Crippen LogP contribution in [-0.4, -0.2) is 28.7 Å². The minimum Gasteiger partial charge on any atom is -0.341 e. The summed E-state index contributed by atoms with van der Waals surface area (Å²) >= 11 is 3.40. The standard InChI is InChI=1S/C11H20BrNO/c1-8(2)11(3,4)7-13-6-5-9(12)10(13)14/h8-9H,5-7H2,1-4H3. The summed E-state index contributed by atoms with van der Waals surface area (Å²) in [5.41, 5.74) is 0.215. The fourth-order valence-electron chi connectivity index (χ4n) is 1.53. The first kappa shape index (κ1) is 12.0. The first-order chi connectivity index (χ1) is 6.34. The molecule has 82 valence electrons. The van der Waals surface area contributed by atoms with E-state index >= 15 is 0 Å². The van der Waals surface area contributed by atoms with Gasteiger partial charge in [0.1, 0.15) is 0 Å². The van der Waals surface area contributed by atoms with Crippen LogP contribution in [0.4, 0.5) is 0 Å². The second kappa shape index (κ2) is 4.21. The summed E-state index contributed by atoms with van der Waals surface area (Å²) in [5.74, 6) is 0.864. The minimum absolute atomic E-state index is 0.0606. The molecular weight excluding hydrogens is 242 g/mol. The lowest BCUT2D eigenvalue weighted by Gasteiger charge is -2.33. The van der Waals surface area contributed by atoms with Gasteiger partial charge in [-0.1, -0.05) is 43.6 Å². The minimum atomic E-state index is 0.0606. The smallest absolute Gasteiger partial charge is 0.236 e. The number of likely N-dealkylation sites (tertiary alicyclic amines) is 1. The van der Waals surface area contributed by atoms with Crippen LogP contribution in [-0.2, 0) is 4.79 Å². The van der Waals surface area contributed by atoms with Crippen molar-refractivity contribution in [1.82, 2.24) is 4.90 Å². The third-order valence-electron chi connectivity index (χ3n) is 3.39. The van der Waals surface area contributed by atoms with Crippen molar-refractivity contribution < 1.29 is 4.79 Å². The molecule has 14 heavy (non-hydrogen) atoms. The number of hydrogen-bond donors (Lipinski definition) is 0. The number of carbonyl (C=O) groups excluding carboxylic acids is 1. The summed E-state index contributed by atoms with van der Waals surface area (Å²) in [5, 5.41) is 0. The number of alkyl halides is 1. The van der Waals surface area contributed by atoms with Crippen LogP contribution >= 0.6 is 15.9 Å². The quantitative estimate of drug-likeness (QED) is 0.716. The maximum Gasteiger partial charge on any atom is 0.236 e. The zero-order valence-corrected chi connectivity index (χ0v) is 11.1. The normalized spacial score (nSPS) is 23.7. The fraction of sp³-hybridized carbons (Fsp3) is 0.909. The van der Waals surface area contributed by atoms with E-state index in [4.69, 9.17) is 0 Å². The average Bonchev–Trinajstić information content (AvgIpc) is 2.35. The molecule has 1 amide bonds. The number of carbonyl (C=O) groups is 1. The van der Waals surface area contributed by atoms with E-state index in [1.807, 2.05) is 4.90 Å². The molecule has 1 rings (SSSR count). The van der Waals surface area contributed by atoms with Crippen molar-refractivity contribution in [2.75, 3.05) is 13.1 Å². The summed E-state index contributed by atoms with van der Waals surface area (Å²) in [7, 11) is 0. The monoisotopic (exact) mass is 261 g/mol. The van der Waals surface area contributed by atoms with Crippen LogP contribution in [0.5, 0.6) is 0 Å². The van der Waals surface area contributed by atoms with Gasteiger partial charge in [-0.05, 0) is 17.8 Å². The molecule has 0 aromatic rings. The zero-order valence-electron chi connectivity index (χ0n) is 9.51. The van der Waals surface area contributed by atoms with Crippen molar-refractivity contribution in [3.05, 3.63) is 0 Å². The number of amides is 1. The van der Waals surface area contributed by atoms with E-state index < -0.39 is 0 Å². The lowest BCUT2D eigenvalue weighted by molar-refractivity contribution is -0.128. The highest BCUT2D eigenvalue weighted by Crippen LogP contribution is 2.30. The number of halogens is 1. The number of rotatable bonds is 3. The summed E-state index contributed by atoms with van der Waals surface area (Å²) < 4.78 is 0. The van der Waals surface area contributed by atoms with E-state index in [-0.39, 0.29) is 16.1 Å². The van der Waals surface area contributed by atoms with Gasteiger partial charge in [-0.25, -0.2) is 0 Å². The first-order valence-corrected chi connectivity index (χ1v) is 6.19. The predicted octanol–water partition coefficient (Wildman–Crippen LogP) is 2.66. The van der Waals surface area contributed by atoms with E-state index in [0.717, 1.165) is 19.5 Å². The largest absolute Gasteiger partial charge is 0.341 e. The van der Waals surface area contributed by atoms with Crippen LogP contribution in [0.1, 0.15) is 34.1 Å². The van der Waals surface area contributed by atoms with Crippen LogP contribution in [0, 0.1) is 11.3 Å². The van der Waals surface area contributed by atoms with Gasteiger partial charge >= 0.3 is 0 Å². The molecular formula is C11H20BrNO. The molecule has 0 aliphatic carbocycles. The first-order valence-electron chi connectivity index (χ1n) is 5.27. The Kier molecular flexibility index (Phi) is 3.62. The second-order valence-corrected chi connectivity index (χ2v) is 6.26. The van der Waals surface area contributed by atoms with Gasteiger partial charge in [-0.15, -0.1) is 0 Å². The van der Waals surface area contributed by atoms with Gasteiger partial charge in [0.05, 0.1) is 4.83 Å². The topological polar surface area (TPSA) is 20.3 Å². The van der Waals surface area contributed by atoms with Crippen molar-refractivity contribution >= 4 is 21.8 Å². The van der Waals surface area contributed by atoms with Crippen LogP contribution < -0.4 is 0 Å². The Labute approximate surface area is 95.2 Å². The summed E-state index contributed by atoms with van der Waals surface area (Å²) in [4.78, 5) is 13.7. The summed E-state index contributed by atoms with van der Waals surface area (Å²) in [6, 6.07) is 0. The predicted molar refractivity (Wildman–Crippen MR) is 62.5 cm³/mol. The maximum atomic E-state index is 11.7. The zero-order chi connectivity index (χ0) is 10.9. The van der Waals surface area contributed by atoms with Crippen LogP contribution in [0.3, 0.4) is 0 Å². The molecule has 0 spiro atoms. The Bertz CT molecular complexity index is 225. The maximum absolute atomic E-state index is 11.7. The van der Waals surface area contributed by atoms with E-state index in [9.17, 15) is 4.79 Å². The Hall–Kier alpha value is -0.0500. The highest BCUT2D eigenvalue weighted by Gasteiger charge is 2.34. The highest BCUT2D eigenvalue weighted by atomic mass is 79.9. The third-order valence-corrected chi connectivity index (χ3v) is 4.24. The van der Waals surface area contributed by atoms with Gasteiger partial charge in [0, 0.05) is 13.1 Å². The molecule has 1 unspecified atom stereocenters. The van der Waals surface area contributed by atoms with Crippen molar-refractivity contribution in [2.45, 2.75) is 38.9 Å². The van der Waals surface area contributed by atoms with Gasteiger partial charge < -0.3 is 4.90 Å². The summed E-state index contributed by atoms with van der Waals surface area (Å²) in [6.45, 7) is 10.7. The molecule has 0 N–H and O–H groups in total. The third kappa shape index (κ3) is 2.50.